The molecule has 0 fully saturated rings. The summed E-state index contributed by atoms with van der Waals surface area (Å²) in [6, 6.07) is 28.0. The van der Waals surface area contributed by atoms with Crippen LogP contribution in [0.5, 0.6) is 34.5 Å². The van der Waals surface area contributed by atoms with Gasteiger partial charge in [-0.2, -0.15) is 24.8 Å². The summed E-state index contributed by atoms with van der Waals surface area (Å²) < 4.78 is 0. The molecule has 0 saturated heterocycles. The van der Waals surface area contributed by atoms with Crippen LogP contribution >= 0.6 is 12.6 Å². The molecule has 8 heteroatoms. The summed E-state index contributed by atoms with van der Waals surface area (Å²) in [5, 5.41) is 71.4. The Hall–Kier alpha value is -4.48. The maximum atomic E-state index is 11.8. The summed E-state index contributed by atoms with van der Waals surface area (Å²) in [6.45, 7) is 3.32. The average Bonchev–Trinajstić information content (AvgIpc) is 3.07. The minimum Gasteiger partial charge on any atom is -0.563 e. The molecule has 0 spiro atoms. The Balaban J connectivity index is 0.00000433. The molecular weight excluding hydrogens is 835 g/mol. The molecule has 47 heavy (non-hydrogen) atoms. The minimum atomic E-state index is -0.841. The topological polar surface area (TPSA) is 121 Å². The molecule has 0 aliphatic heterocycles. The van der Waals surface area contributed by atoms with E-state index in [1.165, 1.54) is 0 Å². The summed E-state index contributed by atoms with van der Waals surface area (Å²) in [7, 11) is 0. The molecule has 0 aromatic heterocycles. The zero-order valence-corrected chi connectivity index (χ0v) is 30.6. The van der Waals surface area contributed by atoms with E-state index in [0.29, 0.717) is 11.1 Å². The van der Waals surface area contributed by atoms with Crippen LogP contribution in [0.15, 0.2) is 91.0 Å². The Morgan fingerprint density at radius 1 is 0.638 bits per heavy atom. The van der Waals surface area contributed by atoms with Gasteiger partial charge in [0.25, 0.3) is 0 Å². The Bertz CT molecular complexity index is 2140. The number of fused-ring (bicyclic) bond motifs is 2. The van der Waals surface area contributed by atoms with E-state index in [4.69, 9.17) is 0 Å². The molecule has 0 radical (unpaired) electrons. The molecule has 0 atom stereocenters. The first kappa shape index (κ1) is 33.9. The molecule has 6 nitrogen and oxygen atoms in total. The minimum absolute atomic E-state index is 0. The molecule has 0 heterocycles. The van der Waals surface area contributed by atoms with E-state index in [-0.39, 0.29) is 53.6 Å². The van der Waals surface area contributed by atoms with Crippen LogP contribution in [-0.4, -0.2) is 36.4 Å². The SMILES string of the molecule is C/C=C\C(=[C-]CS)c1[c-]c(O)c(O)c(-c2c(O)c(C)c(-c3c4ccccc4c(-c4ccccc4)c4ccccc34)c(O)c2O)c1O.[U+2]. The Morgan fingerprint density at radius 3 is 1.66 bits per heavy atom. The van der Waals surface area contributed by atoms with Gasteiger partial charge in [0.15, 0.2) is 11.5 Å². The number of rotatable bonds is 6. The quantitative estimate of drug-likeness (QED) is 0.0224. The van der Waals surface area contributed by atoms with Crippen LogP contribution in [0.2, 0.25) is 0 Å². The van der Waals surface area contributed by atoms with E-state index < -0.39 is 45.6 Å². The van der Waals surface area contributed by atoms with E-state index in [9.17, 15) is 30.6 Å². The smallest absolute Gasteiger partial charge is 0.563 e. The predicted molar refractivity (Wildman–Crippen MR) is 187 cm³/mol. The second-order valence-corrected chi connectivity index (χ2v) is 11.1. The van der Waals surface area contributed by atoms with Crippen molar-refractivity contribution in [3.8, 4) is 67.9 Å². The van der Waals surface area contributed by atoms with Crippen molar-refractivity contribution in [1.29, 1.82) is 0 Å². The Kier molecular flexibility index (Phi) is 9.88. The van der Waals surface area contributed by atoms with Crippen LogP contribution in [0, 0.1) is 50.2 Å². The number of allylic oxidation sites excluding steroid dienone is 3. The molecule has 232 valence electrons. The molecule has 6 rings (SSSR count). The molecule has 0 aliphatic carbocycles. The molecule has 0 amide bonds. The van der Waals surface area contributed by atoms with Crippen LogP contribution in [0.25, 0.3) is 60.5 Å². The van der Waals surface area contributed by atoms with E-state index in [2.05, 4.69) is 24.8 Å². The zero-order valence-electron chi connectivity index (χ0n) is 25.5. The van der Waals surface area contributed by atoms with Crippen molar-refractivity contribution in [2.75, 3.05) is 5.75 Å². The first-order valence-corrected chi connectivity index (χ1v) is 15.2. The van der Waals surface area contributed by atoms with E-state index >= 15 is 0 Å². The van der Waals surface area contributed by atoms with Gasteiger partial charge in [0.05, 0.1) is 17.1 Å². The van der Waals surface area contributed by atoms with Gasteiger partial charge in [0.1, 0.15) is 5.75 Å². The maximum absolute atomic E-state index is 11.8. The molecule has 6 aromatic rings. The standard InChI is InChI=1S/C39H30O6S.U/c1-3-11-22(18-19-46)28-20-29(40)37(43)34(36(28)42)33-35(41)21(2)30(38(44)39(33)45)32-26-16-9-7-14-24(26)31(23-12-5-4-6-13-23)25-15-8-10-17-27(25)32;/h3-17,40-46H,19H2,1-2H3;/q-2;+2/b11-3-;. The number of phenolic OH excluding ortho intramolecular Hbond substituents is 6. The van der Waals surface area contributed by atoms with Crippen molar-refractivity contribution < 1.29 is 61.8 Å². The normalized spacial score (nSPS) is 11.8. The van der Waals surface area contributed by atoms with Crippen LogP contribution < -0.4 is 0 Å². The van der Waals surface area contributed by atoms with Gasteiger partial charge >= 0.3 is 31.1 Å². The second kappa shape index (κ2) is 13.7. The summed E-state index contributed by atoms with van der Waals surface area (Å²) in [5.74, 6) is -3.89. The van der Waals surface area contributed by atoms with Gasteiger partial charge < -0.3 is 30.6 Å². The summed E-state index contributed by atoms with van der Waals surface area (Å²) in [5.41, 5.74) is 2.25. The third kappa shape index (κ3) is 5.61. The van der Waals surface area contributed by atoms with Crippen molar-refractivity contribution in [2.24, 2.45) is 0 Å². The van der Waals surface area contributed by atoms with E-state index in [1.54, 1.807) is 26.0 Å². The van der Waals surface area contributed by atoms with Crippen LogP contribution in [0.3, 0.4) is 0 Å². The van der Waals surface area contributed by atoms with Gasteiger partial charge in [-0.25, -0.2) is 17.7 Å². The molecule has 6 N–H and O–H groups in total. The number of benzene rings is 6. The van der Waals surface area contributed by atoms with Crippen LogP contribution in [0.4, 0.5) is 0 Å². The van der Waals surface area contributed by atoms with Gasteiger partial charge in [-0.15, -0.1) is 0 Å². The Morgan fingerprint density at radius 2 is 1.13 bits per heavy atom. The monoisotopic (exact) mass is 864 g/mol. The first-order chi connectivity index (χ1) is 22.2. The zero-order chi connectivity index (χ0) is 32.7. The fraction of sp³-hybridized carbons (Fsp3) is 0.0769. The molecule has 0 bridgehead atoms. The van der Waals surface area contributed by atoms with Gasteiger partial charge in [0.2, 0.25) is 0 Å². The largest absolute Gasteiger partial charge is 2.00 e. The second-order valence-electron chi connectivity index (χ2n) is 10.8. The summed E-state index contributed by atoms with van der Waals surface area (Å²) in [6.07, 6.45) is 6.22. The van der Waals surface area contributed by atoms with Crippen molar-refractivity contribution in [3.05, 3.63) is 114 Å². The van der Waals surface area contributed by atoms with Crippen molar-refractivity contribution >= 4 is 39.7 Å². The van der Waals surface area contributed by atoms with Gasteiger partial charge in [-0.1, -0.05) is 85.8 Å². The molecule has 0 saturated carbocycles. The van der Waals surface area contributed by atoms with Crippen molar-refractivity contribution in [3.63, 3.8) is 0 Å². The molecule has 0 unspecified atom stereocenters. The van der Waals surface area contributed by atoms with Crippen LogP contribution in [0.1, 0.15) is 18.1 Å². The van der Waals surface area contributed by atoms with Crippen molar-refractivity contribution in [2.45, 2.75) is 13.8 Å². The third-order valence-corrected chi connectivity index (χ3v) is 8.37. The number of thiol groups is 1. The third-order valence-electron chi connectivity index (χ3n) is 8.21. The molecule has 0 aliphatic rings. The number of aromatic hydroxyl groups is 6. The summed E-state index contributed by atoms with van der Waals surface area (Å²) in [4.78, 5) is 0. The molecule has 6 aromatic carbocycles. The number of hydrogen-bond acceptors (Lipinski definition) is 7. The first-order valence-electron chi connectivity index (χ1n) is 14.5. The average molecular weight is 865 g/mol. The fourth-order valence-electron chi connectivity index (χ4n) is 6.20. The van der Waals surface area contributed by atoms with Gasteiger partial charge in [0, 0.05) is 16.7 Å². The number of phenols is 6. The summed E-state index contributed by atoms with van der Waals surface area (Å²) >= 11 is 4.18. The van der Waals surface area contributed by atoms with E-state index in [0.717, 1.165) is 32.7 Å². The fourth-order valence-corrected chi connectivity index (χ4v) is 6.37. The van der Waals surface area contributed by atoms with Gasteiger partial charge in [-0.05, 0) is 56.7 Å². The van der Waals surface area contributed by atoms with Crippen LogP contribution in [-0.2, 0) is 0 Å². The number of hydrogen-bond donors (Lipinski definition) is 7. The Labute approximate surface area is 301 Å². The predicted octanol–water partition coefficient (Wildman–Crippen LogP) is 9.03. The maximum Gasteiger partial charge on any atom is 2.00 e. The molecular formula is C39H30O6SU. The van der Waals surface area contributed by atoms with Gasteiger partial charge in [-0.3, -0.25) is 5.57 Å². The van der Waals surface area contributed by atoms with Crippen molar-refractivity contribution in [1.82, 2.24) is 0 Å². The van der Waals surface area contributed by atoms with E-state index in [1.807, 2.05) is 78.9 Å².